The topological polar surface area (TPSA) is 52.6 Å². The first kappa shape index (κ1) is 15.1. The minimum absolute atomic E-state index is 0.0470. The predicted molar refractivity (Wildman–Crippen MR) is 74.7 cm³/mol. The molecule has 0 aliphatic carbocycles. The molecular formula is C13H22N2O2S. The first-order chi connectivity index (χ1) is 8.49. The van der Waals surface area contributed by atoms with Crippen molar-refractivity contribution in [2.75, 3.05) is 26.2 Å². The normalized spacial score (nSPS) is 14.5. The van der Waals surface area contributed by atoms with Crippen molar-refractivity contribution in [1.29, 1.82) is 0 Å². The summed E-state index contributed by atoms with van der Waals surface area (Å²) < 4.78 is 0. The fourth-order valence-electron chi connectivity index (χ4n) is 1.65. The second-order valence-electron chi connectivity index (χ2n) is 4.52. The quantitative estimate of drug-likeness (QED) is 0.788. The van der Waals surface area contributed by atoms with E-state index in [0.29, 0.717) is 6.54 Å². The van der Waals surface area contributed by atoms with Gasteiger partial charge in [0.2, 0.25) is 5.91 Å². The minimum atomic E-state index is -1.00. The van der Waals surface area contributed by atoms with Crippen LogP contribution in [0, 0.1) is 0 Å². The van der Waals surface area contributed by atoms with E-state index in [1.54, 1.807) is 6.92 Å². The molecule has 0 saturated heterocycles. The third-order valence-corrected chi connectivity index (χ3v) is 3.72. The SMILES string of the molecule is CCN(CC)CC(=O)NCC(C)(O)c1ccsc1. The maximum atomic E-state index is 11.7. The molecule has 1 unspecified atom stereocenters. The highest BCUT2D eigenvalue weighted by Crippen LogP contribution is 2.21. The van der Waals surface area contributed by atoms with Crippen LogP contribution in [0.3, 0.4) is 0 Å². The molecule has 1 rings (SSSR count). The van der Waals surface area contributed by atoms with Crippen molar-refractivity contribution in [3.8, 4) is 0 Å². The van der Waals surface area contributed by atoms with Crippen molar-refractivity contribution in [3.63, 3.8) is 0 Å². The van der Waals surface area contributed by atoms with Crippen molar-refractivity contribution in [3.05, 3.63) is 22.4 Å². The van der Waals surface area contributed by atoms with E-state index in [4.69, 9.17) is 0 Å². The van der Waals surface area contributed by atoms with Gasteiger partial charge >= 0.3 is 0 Å². The Labute approximate surface area is 113 Å². The lowest BCUT2D eigenvalue weighted by Gasteiger charge is -2.24. The molecule has 102 valence electrons. The van der Waals surface area contributed by atoms with Crippen LogP contribution in [0.4, 0.5) is 0 Å². The highest BCUT2D eigenvalue weighted by atomic mass is 32.1. The van der Waals surface area contributed by atoms with Gasteiger partial charge < -0.3 is 10.4 Å². The number of carbonyl (C=O) groups excluding carboxylic acids is 1. The van der Waals surface area contributed by atoms with E-state index in [0.717, 1.165) is 18.7 Å². The fourth-order valence-corrected chi connectivity index (χ4v) is 2.43. The number of aliphatic hydroxyl groups is 1. The minimum Gasteiger partial charge on any atom is -0.384 e. The largest absolute Gasteiger partial charge is 0.384 e. The van der Waals surface area contributed by atoms with Crippen molar-refractivity contribution in [2.45, 2.75) is 26.4 Å². The second-order valence-corrected chi connectivity index (χ2v) is 5.30. The molecule has 0 saturated carbocycles. The molecule has 0 radical (unpaired) electrons. The van der Waals surface area contributed by atoms with E-state index < -0.39 is 5.60 Å². The van der Waals surface area contributed by atoms with Crippen LogP contribution in [0.15, 0.2) is 16.8 Å². The molecule has 0 fully saturated rings. The Morgan fingerprint density at radius 1 is 1.50 bits per heavy atom. The second kappa shape index (κ2) is 6.87. The monoisotopic (exact) mass is 270 g/mol. The molecule has 1 aromatic heterocycles. The van der Waals surface area contributed by atoms with E-state index >= 15 is 0 Å². The van der Waals surface area contributed by atoms with Crippen LogP contribution < -0.4 is 5.32 Å². The number of hydrogen-bond acceptors (Lipinski definition) is 4. The molecule has 1 heterocycles. The van der Waals surface area contributed by atoms with Gasteiger partial charge in [-0.25, -0.2) is 0 Å². The first-order valence-electron chi connectivity index (χ1n) is 6.23. The van der Waals surface area contributed by atoms with E-state index in [2.05, 4.69) is 5.32 Å². The lowest BCUT2D eigenvalue weighted by atomic mass is 9.99. The summed E-state index contributed by atoms with van der Waals surface area (Å²) in [5.41, 5.74) is -0.158. The highest BCUT2D eigenvalue weighted by Gasteiger charge is 2.24. The van der Waals surface area contributed by atoms with Crippen LogP contribution in [0.25, 0.3) is 0 Å². The lowest BCUT2D eigenvalue weighted by Crippen LogP contribution is -2.43. The summed E-state index contributed by atoms with van der Waals surface area (Å²) in [7, 11) is 0. The van der Waals surface area contributed by atoms with E-state index in [-0.39, 0.29) is 12.5 Å². The number of amides is 1. The zero-order valence-corrected chi connectivity index (χ0v) is 12.1. The van der Waals surface area contributed by atoms with Gasteiger partial charge in [0.05, 0.1) is 13.1 Å². The van der Waals surface area contributed by atoms with Gasteiger partial charge in [-0.15, -0.1) is 0 Å². The molecule has 0 aliphatic heterocycles. The Hall–Kier alpha value is -0.910. The third-order valence-electron chi connectivity index (χ3n) is 3.03. The molecule has 1 atom stereocenters. The van der Waals surface area contributed by atoms with Gasteiger partial charge in [-0.1, -0.05) is 13.8 Å². The smallest absolute Gasteiger partial charge is 0.234 e. The van der Waals surface area contributed by atoms with E-state index in [1.165, 1.54) is 11.3 Å². The average molecular weight is 270 g/mol. The van der Waals surface area contributed by atoms with Gasteiger partial charge in [0, 0.05) is 0 Å². The maximum Gasteiger partial charge on any atom is 0.234 e. The molecular weight excluding hydrogens is 248 g/mol. The average Bonchev–Trinajstić information content (AvgIpc) is 2.88. The van der Waals surface area contributed by atoms with Crippen LogP contribution in [0.5, 0.6) is 0 Å². The Kier molecular flexibility index (Phi) is 5.78. The van der Waals surface area contributed by atoms with Gasteiger partial charge in [-0.2, -0.15) is 11.3 Å². The van der Waals surface area contributed by atoms with Crippen molar-refractivity contribution in [1.82, 2.24) is 10.2 Å². The number of nitrogens with one attached hydrogen (secondary N) is 1. The molecule has 0 aliphatic rings. The standard InChI is InChI=1S/C13H22N2O2S/c1-4-15(5-2)8-12(16)14-10-13(3,17)11-6-7-18-9-11/h6-7,9,17H,4-5,8,10H2,1-3H3,(H,14,16). The summed E-state index contributed by atoms with van der Waals surface area (Å²) in [5, 5.41) is 16.9. The molecule has 0 spiro atoms. The molecule has 4 nitrogen and oxygen atoms in total. The number of likely N-dealkylation sites (N-methyl/N-ethyl adjacent to an activating group) is 1. The Morgan fingerprint density at radius 2 is 2.17 bits per heavy atom. The van der Waals surface area contributed by atoms with Crippen LogP contribution in [0.2, 0.25) is 0 Å². The molecule has 0 bridgehead atoms. The van der Waals surface area contributed by atoms with Crippen LogP contribution in [-0.2, 0) is 10.4 Å². The number of carbonyl (C=O) groups is 1. The number of thiophene rings is 1. The Balaban J connectivity index is 2.43. The molecule has 18 heavy (non-hydrogen) atoms. The summed E-state index contributed by atoms with van der Waals surface area (Å²) in [4.78, 5) is 13.8. The summed E-state index contributed by atoms with van der Waals surface area (Å²) in [5.74, 6) is -0.0470. The zero-order chi connectivity index (χ0) is 13.6. The van der Waals surface area contributed by atoms with Crippen molar-refractivity contribution in [2.24, 2.45) is 0 Å². The van der Waals surface area contributed by atoms with Crippen molar-refractivity contribution >= 4 is 17.2 Å². The van der Waals surface area contributed by atoms with Gasteiger partial charge in [0.1, 0.15) is 5.60 Å². The van der Waals surface area contributed by atoms with Crippen LogP contribution >= 0.6 is 11.3 Å². The summed E-state index contributed by atoms with van der Waals surface area (Å²) in [6.45, 7) is 8.09. The Morgan fingerprint density at radius 3 is 2.67 bits per heavy atom. The molecule has 2 N–H and O–H groups in total. The predicted octanol–water partition coefficient (Wildman–Crippen LogP) is 1.41. The van der Waals surface area contributed by atoms with Crippen molar-refractivity contribution < 1.29 is 9.90 Å². The summed E-state index contributed by atoms with van der Waals surface area (Å²) in [6, 6.07) is 1.88. The van der Waals surface area contributed by atoms with Gasteiger partial charge in [0.25, 0.3) is 0 Å². The van der Waals surface area contributed by atoms with Crippen LogP contribution in [-0.4, -0.2) is 42.1 Å². The van der Waals surface area contributed by atoms with Crippen LogP contribution in [0.1, 0.15) is 26.3 Å². The summed E-state index contributed by atoms with van der Waals surface area (Å²) in [6.07, 6.45) is 0. The first-order valence-corrected chi connectivity index (χ1v) is 7.18. The van der Waals surface area contributed by atoms with Gasteiger partial charge in [-0.3, -0.25) is 9.69 Å². The van der Waals surface area contributed by atoms with E-state index in [1.807, 2.05) is 35.6 Å². The van der Waals surface area contributed by atoms with E-state index in [9.17, 15) is 9.90 Å². The number of hydrogen-bond donors (Lipinski definition) is 2. The maximum absolute atomic E-state index is 11.7. The molecule has 1 aromatic rings. The highest BCUT2D eigenvalue weighted by molar-refractivity contribution is 7.08. The summed E-state index contributed by atoms with van der Waals surface area (Å²) >= 11 is 1.54. The van der Waals surface area contributed by atoms with Gasteiger partial charge in [-0.05, 0) is 42.4 Å². The molecule has 1 amide bonds. The fraction of sp³-hybridized carbons (Fsp3) is 0.615. The lowest BCUT2D eigenvalue weighted by molar-refractivity contribution is -0.123. The number of rotatable bonds is 7. The zero-order valence-electron chi connectivity index (χ0n) is 11.3. The van der Waals surface area contributed by atoms with Gasteiger partial charge in [0.15, 0.2) is 0 Å². The molecule has 5 heteroatoms. The Bertz CT molecular complexity index is 359. The third kappa shape index (κ3) is 4.40. The number of nitrogens with zero attached hydrogens (tertiary/aromatic N) is 1. The molecule has 0 aromatic carbocycles.